The van der Waals surface area contributed by atoms with Crippen molar-refractivity contribution in [1.82, 2.24) is 9.97 Å². The van der Waals surface area contributed by atoms with E-state index in [2.05, 4.69) is 9.97 Å². The number of benzene rings is 1. The summed E-state index contributed by atoms with van der Waals surface area (Å²) in [7, 11) is 0. The SMILES string of the molecule is Cc1nc(-c2c(F)ccc([N+](=O)[O-])c2F)ncc1[C@H](C)N. The second kappa shape index (κ2) is 5.49. The number of aryl methyl sites for hydroxylation is 1. The number of nitro benzene ring substituents is 1. The number of aromatic nitrogens is 2. The molecule has 0 radical (unpaired) electrons. The van der Waals surface area contributed by atoms with Crippen LogP contribution in [-0.2, 0) is 0 Å². The third-order valence-electron chi connectivity index (χ3n) is 3.00. The Morgan fingerprint density at radius 2 is 2.05 bits per heavy atom. The van der Waals surface area contributed by atoms with E-state index in [1.54, 1.807) is 13.8 Å². The Hall–Kier alpha value is -2.48. The lowest BCUT2D eigenvalue weighted by Gasteiger charge is -2.10. The second-order valence-electron chi connectivity index (χ2n) is 4.54. The lowest BCUT2D eigenvalue weighted by molar-refractivity contribution is -0.387. The largest absolute Gasteiger partial charge is 0.324 e. The van der Waals surface area contributed by atoms with Gasteiger partial charge in [0.25, 0.3) is 0 Å². The molecule has 0 aliphatic heterocycles. The Labute approximate surface area is 118 Å². The maximum absolute atomic E-state index is 14.1. The molecule has 2 aromatic rings. The number of hydrogen-bond donors (Lipinski definition) is 1. The van der Waals surface area contributed by atoms with Crippen LogP contribution in [0.5, 0.6) is 0 Å². The summed E-state index contributed by atoms with van der Waals surface area (Å²) in [5.41, 5.74) is 5.35. The van der Waals surface area contributed by atoms with Crippen LogP contribution in [0, 0.1) is 28.7 Å². The minimum atomic E-state index is -1.30. The number of halogens is 2. The number of rotatable bonds is 3. The van der Waals surface area contributed by atoms with Crippen LogP contribution in [0.25, 0.3) is 11.4 Å². The van der Waals surface area contributed by atoms with Gasteiger partial charge in [0.2, 0.25) is 5.82 Å². The maximum atomic E-state index is 14.1. The van der Waals surface area contributed by atoms with E-state index in [1.807, 2.05) is 0 Å². The number of nitrogens with zero attached hydrogens (tertiary/aromatic N) is 3. The van der Waals surface area contributed by atoms with Gasteiger partial charge in [0.15, 0.2) is 5.82 Å². The first-order chi connectivity index (χ1) is 9.82. The van der Waals surface area contributed by atoms with E-state index in [0.29, 0.717) is 11.3 Å². The predicted octanol–water partition coefficient (Wildman–Crippen LogP) is 2.66. The summed E-state index contributed by atoms with van der Waals surface area (Å²) in [5, 5.41) is 10.7. The molecule has 0 saturated carbocycles. The van der Waals surface area contributed by atoms with Crippen molar-refractivity contribution in [2.45, 2.75) is 19.9 Å². The normalized spacial score (nSPS) is 12.2. The summed E-state index contributed by atoms with van der Waals surface area (Å²) in [4.78, 5) is 17.6. The summed E-state index contributed by atoms with van der Waals surface area (Å²) >= 11 is 0. The molecule has 0 bridgehead atoms. The first-order valence-corrected chi connectivity index (χ1v) is 6.04. The first-order valence-electron chi connectivity index (χ1n) is 6.04. The fourth-order valence-corrected chi connectivity index (χ4v) is 1.93. The lowest BCUT2D eigenvalue weighted by Crippen LogP contribution is -2.10. The van der Waals surface area contributed by atoms with Crippen molar-refractivity contribution in [2.75, 3.05) is 0 Å². The summed E-state index contributed by atoms with van der Waals surface area (Å²) in [6.45, 7) is 3.34. The van der Waals surface area contributed by atoms with Gasteiger partial charge >= 0.3 is 5.69 Å². The van der Waals surface area contributed by atoms with Crippen LogP contribution in [0.1, 0.15) is 24.2 Å². The average Bonchev–Trinajstić information content (AvgIpc) is 2.37. The van der Waals surface area contributed by atoms with Crippen LogP contribution in [0.4, 0.5) is 14.5 Å². The zero-order valence-electron chi connectivity index (χ0n) is 11.3. The van der Waals surface area contributed by atoms with Crippen LogP contribution in [0.2, 0.25) is 0 Å². The Balaban J connectivity index is 2.64. The van der Waals surface area contributed by atoms with Gasteiger partial charge in [-0.25, -0.2) is 14.4 Å². The van der Waals surface area contributed by atoms with Gasteiger partial charge in [0, 0.05) is 29.6 Å². The molecule has 110 valence electrons. The van der Waals surface area contributed by atoms with Crippen molar-refractivity contribution < 1.29 is 13.7 Å². The molecule has 0 amide bonds. The van der Waals surface area contributed by atoms with Crippen LogP contribution in [0.15, 0.2) is 18.3 Å². The zero-order chi connectivity index (χ0) is 15.7. The summed E-state index contributed by atoms with van der Waals surface area (Å²) in [5.74, 6) is -2.52. The van der Waals surface area contributed by atoms with Gasteiger partial charge in [-0.1, -0.05) is 0 Å². The van der Waals surface area contributed by atoms with Gasteiger partial charge in [-0.05, 0) is 19.9 Å². The second-order valence-corrected chi connectivity index (χ2v) is 4.54. The molecule has 0 spiro atoms. The van der Waals surface area contributed by atoms with Crippen molar-refractivity contribution >= 4 is 5.69 Å². The summed E-state index contributed by atoms with van der Waals surface area (Å²) in [6.07, 6.45) is 1.36. The summed E-state index contributed by atoms with van der Waals surface area (Å²) < 4.78 is 27.9. The first kappa shape index (κ1) is 14.9. The minimum Gasteiger partial charge on any atom is -0.324 e. The van der Waals surface area contributed by atoms with E-state index >= 15 is 0 Å². The standard InChI is InChI=1S/C13H12F2N4O2/c1-6(16)8-5-17-13(18-7(8)2)11-9(14)3-4-10(12(11)15)19(20)21/h3-6H,16H2,1-2H3/t6-/m0/s1. The third-order valence-corrected chi connectivity index (χ3v) is 3.00. The molecule has 1 heterocycles. The highest BCUT2D eigenvalue weighted by Crippen LogP contribution is 2.30. The van der Waals surface area contributed by atoms with E-state index in [0.717, 1.165) is 12.1 Å². The molecule has 0 saturated heterocycles. The molecule has 21 heavy (non-hydrogen) atoms. The predicted molar refractivity (Wildman–Crippen MR) is 71.4 cm³/mol. The van der Waals surface area contributed by atoms with Crippen LogP contribution in [-0.4, -0.2) is 14.9 Å². The van der Waals surface area contributed by atoms with Crippen LogP contribution < -0.4 is 5.73 Å². The minimum absolute atomic E-state index is 0.254. The molecule has 0 unspecified atom stereocenters. The number of hydrogen-bond acceptors (Lipinski definition) is 5. The number of nitrogens with two attached hydrogens (primary N) is 1. The molecular weight excluding hydrogens is 282 g/mol. The van der Waals surface area contributed by atoms with Crippen molar-refractivity contribution in [3.63, 3.8) is 0 Å². The molecule has 0 fully saturated rings. The van der Waals surface area contributed by atoms with Crippen LogP contribution >= 0.6 is 0 Å². The van der Waals surface area contributed by atoms with Gasteiger partial charge in [-0.3, -0.25) is 10.1 Å². The Morgan fingerprint density at radius 3 is 2.57 bits per heavy atom. The van der Waals surface area contributed by atoms with E-state index in [-0.39, 0.29) is 11.9 Å². The topological polar surface area (TPSA) is 94.9 Å². The molecule has 1 aromatic carbocycles. The molecule has 0 aliphatic rings. The molecule has 6 nitrogen and oxygen atoms in total. The number of nitro groups is 1. The van der Waals surface area contributed by atoms with Crippen molar-refractivity contribution in [3.8, 4) is 11.4 Å². The summed E-state index contributed by atoms with van der Waals surface area (Å²) in [6, 6.07) is 1.24. The van der Waals surface area contributed by atoms with E-state index in [4.69, 9.17) is 5.73 Å². The van der Waals surface area contributed by atoms with Crippen molar-refractivity contribution in [3.05, 3.63) is 51.3 Å². The van der Waals surface area contributed by atoms with Gasteiger partial charge in [0.1, 0.15) is 5.82 Å². The Kier molecular flexibility index (Phi) is 3.90. The highest BCUT2D eigenvalue weighted by Gasteiger charge is 2.24. The average molecular weight is 294 g/mol. The van der Waals surface area contributed by atoms with Gasteiger partial charge in [-0.2, -0.15) is 4.39 Å². The molecule has 8 heteroatoms. The monoisotopic (exact) mass is 294 g/mol. The zero-order valence-corrected chi connectivity index (χ0v) is 11.3. The quantitative estimate of drug-likeness (QED) is 0.693. The van der Waals surface area contributed by atoms with Gasteiger partial charge < -0.3 is 5.73 Å². The fourth-order valence-electron chi connectivity index (χ4n) is 1.93. The van der Waals surface area contributed by atoms with Gasteiger partial charge in [-0.15, -0.1) is 0 Å². The molecule has 2 rings (SSSR count). The molecule has 1 atom stereocenters. The van der Waals surface area contributed by atoms with E-state index in [9.17, 15) is 18.9 Å². The molecule has 2 N–H and O–H groups in total. The van der Waals surface area contributed by atoms with Crippen LogP contribution in [0.3, 0.4) is 0 Å². The highest BCUT2D eigenvalue weighted by molar-refractivity contribution is 5.61. The van der Waals surface area contributed by atoms with Gasteiger partial charge in [0.05, 0.1) is 10.5 Å². The van der Waals surface area contributed by atoms with E-state index < -0.39 is 27.8 Å². The van der Waals surface area contributed by atoms with Crippen molar-refractivity contribution in [1.29, 1.82) is 0 Å². The van der Waals surface area contributed by atoms with E-state index in [1.165, 1.54) is 6.20 Å². The fraction of sp³-hybridized carbons (Fsp3) is 0.231. The third kappa shape index (κ3) is 2.70. The molecular formula is C13H12F2N4O2. The molecule has 0 aliphatic carbocycles. The maximum Gasteiger partial charge on any atom is 0.305 e. The Morgan fingerprint density at radius 1 is 1.38 bits per heavy atom. The van der Waals surface area contributed by atoms with Crippen molar-refractivity contribution in [2.24, 2.45) is 5.73 Å². The molecule has 1 aromatic heterocycles. The smallest absolute Gasteiger partial charge is 0.305 e. The lowest BCUT2D eigenvalue weighted by atomic mass is 10.1. The highest BCUT2D eigenvalue weighted by atomic mass is 19.1. The Bertz CT molecular complexity index is 720.